The van der Waals surface area contributed by atoms with Gasteiger partial charge in [-0.2, -0.15) is 0 Å². The van der Waals surface area contributed by atoms with E-state index in [1.54, 1.807) is 12.1 Å². The Hall–Kier alpha value is -2.96. The summed E-state index contributed by atoms with van der Waals surface area (Å²) in [6.07, 6.45) is 4.11. The van der Waals surface area contributed by atoms with E-state index in [0.29, 0.717) is 24.1 Å². The summed E-state index contributed by atoms with van der Waals surface area (Å²) in [6.45, 7) is 0. The highest BCUT2D eigenvalue weighted by atomic mass is 19.1. The second-order valence-corrected chi connectivity index (χ2v) is 7.74. The topological polar surface area (TPSA) is 61.4 Å². The molecule has 2 heterocycles. The van der Waals surface area contributed by atoms with Crippen molar-refractivity contribution in [2.75, 3.05) is 5.32 Å². The van der Waals surface area contributed by atoms with Crippen LogP contribution in [0.4, 0.5) is 19.3 Å². The molecule has 2 unspecified atom stereocenters. The molecule has 29 heavy (non-hydrogen) atoms. The summed E-state index contributed by atoms with van der Waals surface area (Å²) in [5.74, 6) is -1.01. The van der Waals surface area contributed by atoms with Gasteiger partial charge in [0.05, 0.1) is 0 Å². The van der Waals surface area contributed by atoms with Gasteiger partial charge in [0.1, 0.15) is 11.6 Å². The Morgan fingerprint density at radius 1 is 0.931 bits per heavy atom. The third-order valence-electron chi connectivity index (χ3n) is 5.73. The van der Waals surface area contributed by atoms with E-state index in [9.17, 15) is 18.4 Å². The van der Waals surface area contributed by atoms with Gasteiger partial charge in [-0.25, -0.2) is 13.6 Å². The molecule has 2 aliphatic heterocycles. The number of hydrogen-bond acceptors (Lipinski definition) is 2. The van der Waals surface area contributed by atoms with E-state index in [2.05, 4.69) is 10.6 Å². The lowest BCUT2D eigenvalue weighted by Crippen LogP contribution is -2.59. The van der Waals surface area contributed by atoms with Crippen molar-refractivity contribution >= 4 is 17.6 Å². The maximum absolute atomic E-state index is 13.4. The molecule has 3 amide bonds. The number of halogens is 2. The van der Waals surface area contributed by atoms with Gasteiger partial charge in [-0.1, -0.05) is 6.07 Å². The summed E-state index contributed by atoms with van der Waals surface area (Å²) in [7, 11) is 0. The molecule has 5 nitrogen and oxygen atoms in total. The smallest absolute Gasteiger partial charge is 0.322 e. The lowest BCUT2D eigenvalue weighted by atomic mass is 9.82. The number of fused-ring (bicyclic) bond motifs is 2. The monoisotopic (exact) mass is 399 g/mol. The Bertz CT molecular complexity index is 889. The molecule has 2 bridgehead atoms. The molecule has 7 heteroatoms. The van der Waals surface area contributed by atoms with Gasteiger partial charge >= 0.3 is 6.03 Å². The van der Waals surface area contributed by atoms with E-state index in [1.807, 2.05) is 4.90 Å². The number of rotatable bonds is 3. The van der Waals surface area contributed by atoms with Gasteiger partial charge in [0.25, 0.3) is 5.91 Å². The largest absolute Gasteiger partial charge is 0.349 e. The average molecular weight is 399 g/mol. The van der Waals surface area contributed by atoms with Crippen LogP contribution in [0.1, 0.15) is 42.5 Å². The molecule has 0 saturated carbocycles. The second-order valence-electron chi connectivity index (χ2n) is 7.74. The van der Waals surface area contributed by atoms with Crippen LogP contribution in [0.2, 0.25) is 0 Å². The molecule has 0 radical (unpaired) electrons. The van der Waals surface area contributed by atoms with Gasteiger partial charge in [-0.3, -0.25) is 4.79 Å². The summed E-state index contributed by atoms with van der Waals surface area (Å²) >= 11 is 0. The number of carbonyl (C=O) groups excluding carboxylic acids is 2. The summed E-state index contributed by atoms with van der Waals surface area (Å²) in [6, 6.07) is 11.1. The van der Waals surface area contributed by atoms with E-state index in [-0.39, 0.29) is 35.9 Å². The van der Waals surface area contributed by atoms with Gasteiger partial charge in [0.15, 0.2) is 0 Å². The quantitative estimate of drug-likeness (QED) is 0.808. The van der Waals surface area contributed by atoms with Crippen molar-refractivity contribution in [2.45, 2.75) is 50.2 Å². The third-order valence-corrected chi connectivity index (χ3v) is 5.73. The van der Waals surface area contributed by atoms with Gasteiger partial charge in [-0.05, 0) is 74.6 Å². The highest BCUT2D eigenvalue weighted by Gasteiger charge is 2.41. The molecular formula is C22H23F2N3O2. The first-order valence-electron chi connectivity index (χ1n) is 9.91. The standard InChI is InChI=1S/C22H23F2N3O2/c23-15-9-7-14(8-10-15)21(28)25-18-12-19-5-2-6-20(13-18)27(19)22(29)26-17-4-1-3-16(24)11-17/h1,3-4,7-11,18-20H,2,5-6,12-13H2,(H,25,28)(H,26,29). The van der Waals surface area contributed by atoms with E-state index >= 15 is 0 Å². The third kappa shape index (κ3) is 4.39. The predicted molar refractivity (Wildman–Crippen MR) is 106 cm³/mol. The number of piperidine rings is 2. The molecule has 2 fully saturated rings. The zero-order valence-electron chi connectivity index (χ0n) is 15.9. The average Bonchev–Trinajstić information content (AvgIpc) is 2.67. The van der Waals surface area contributed by atoms with Crippen LogP contribution in [0.3, 0.4) is 0 Å². The first kappa shape index (κ1) is 19.4. The van der Waals surface area contributed by atoms with Gasteiger partial charge < -0.3 is 15.5 Å². The van der Waals surface area contributed by atoms with Crippen LogP contribution in [0, 0.1) is 11.6 Å². The lowest BCUT2D eigenvalue weighted by Gasteiger charge is -2.48. The number of hydrogen-bond donors (Lipinski definition) is 2. The maximum Gasteiger partial charge on any atom is 0.322 e. The van der Waals surface area contributed by atoms with Crippen LogP contribution in [0.5, 0.6) is 0 Å². The van der Waals surface area contributed by atoms with Gasteiger partial charge in [0.2, 0.25) is 0 Å². The van der Waals surface area contributed by atoms with Crippen LogP contribution in [0.15, 0.2) is 48.5 Å². The first-order chi connectivity index (χ1) is 14.0. The molecule has 2 aliphatic rings. The summed E-state index contributed by atoms with van der Waals surface area (Å²) in [5, 5.41) is 5.82. The minimum absolute atomic E-state index is 0.0228. The predicted octanol–water partition coefficient (Wildman–Crippen LogP) is 4.31. The van der Waals surface area contributed by atoms with Crippen molar-refractivity contribution in [1.82, 2.24) is 10.2 Å². The number of urea groups is 1. The van der Waals surface area contributed by atoms with Crippen LogP contribution in [0.25, 0.3) is 0 Å². The molecular weight excluding hydrogens is 376 g/mol. The molecule has 0 aromatic heterocycles. The fourth-order valence-corrected chi connectivity index (χ4v) is 4.46. The highest BCUT2D eigenvalue weighted by molar-refractivity contribution is 5.94. The molecule has 2 aromatic rings. The highest BCUT2D eigenvalue weighted by Crippen LogP contribution is 2.34. The van der Waals surface area contributed by atoms with E-state index in [0.717, 1.165) is 19.3 Å². The van der Waals surface area contributed by atoms with Crippen LogP contribution in [-0.4, -0.2) is 35.0 Å². The van der Waals surface area contributed by atoms with Crippen LogP contribution < -0.4 is 10.6 Å². The molecule has 2 saturated heterocycles. The Labute approximate surface area is 168 Å². The fraction of sp³-hybridized carbons (Fsp3) is 0.364. The number of nitrogens with one attached hydrogen (secondary N) is 2. The summed E-state index contributed by atoms with van der Waals surface area (Å²) < 4.78 is 26.5. The Morgan fingerprint density at radius 2 is 1.62 bits per heavy atom. The number of carbonyl (C=O) groups is 2. The second kappa shape index (κ2) is 8.19. The first-order valence-corrected chi connectivity index (χ1v) is 9.91. The number of anilines is 1. The van der Waals surface area contributed by atoms with Crippen molar-refractivity contribution in [3.05, 3.63) is 65.7 Å². The van der Waals surface area contributed by atoms with E-state index in [4.69, 9.17) is 0 Å². The van der Waals surface area contributed by atoms with E-state index < -0.39 is 5.82 Å². The van der Waals surface area contributed by atoms with Crippen molar-refractivity contribution in [1.29, 1.82) is 0 Å². The lowest BCUT2D eigenvalue weighted by molar-refractivity contribution is 0.0577. The Balaban J connectivity index is 1.41. The molecule has 152 valence electrons. The SMILES string of the molecule is O=C(NC1CC2CCCC(C1)N2C(=O)Nc1cccc(F)c1)c1ccc(F)cc1. The summed E-state index contributed by atoms with van der Waals surface area (Å²) in [4.78, 5) is 27.2. The van der Waals surface area contributed by atoms with E-state index in [1.165, 1.54) is 36.4 Å². The summed E-state index contributed by atoms with van der Waals surface area (Å²) in [5.41, 5.74) is 0.850. The maximum atomic E-state index is 13.4. The van der Waals surface area contributed by atoms with Crippen molar-refractivity contribution in [3.63, 3.8) is 0 Å². The number of amides is 3. The molecule has 4 rings (SSSR count). The van der Waals surface area contributed by atoms with Gasteiger partial charge in [0, 0.05) is 29.4 Å². The normalized spacial score (nSPS) is 23.4. The van der Waals surface area contributed by atoms with Crippen LogP contribution >= 0.6 is 0 Å². The molecule has 0 aliphatic carbocycles. The minimum Gasteiger partial charge on any atom is -0.349 e. The van der Waals surface area contributed by atoms with Gasteiger partial charge in [-0.15, -0.1) is 0 Å². The number of benzene rings is 2. The van der Waals surface area contributed by atoms with Crippen molar-refractivity contribution in [3.8, 4) is 0 Å². The Morgan fingerprint density at radius 3 is 2.28 bits per heavy atom. The zero-order valence-corrected chi connectivity index (χ0v) is 15.9. The molecule has 2 N–H and O–H groups in total. The Kier molecular flexibility index (Phi) is 5.47. The zero-order chi connectivity index (χ0) is 20.4. The molecule has 0 spiro atoms. The van der Waals surface area contributed by atoms with Crippen molar-refractivity contribution in [2.24, 2.45) is 0 Å². The minimum atomic E-state index is -0.398. The fourth-order valence-electron chi connectivity index (χ4n) is 4.46. The van der Waals surface area contributed by atoms with Crippen LogP contribution in [-0.2, 0) is 0 Å². The number of nitrogens with zero attached hydrogens (tertiary/aromatic N) is 1. The molecule has 2 aromatic carbocycles. The van der Waals surface area contributed by atoms with Crippen molar-refractivity contribution < 1.29 is 18.4 Å². The molecule has 2 atom stereocenters.